The monoisotopic (exact) mass is 373 g/mol. The number of aromatic nitrogens is 3. The number of nitrogens with one attached hydrogen (secondary N) is 1. The largest absolute Gasteiger partial charge is 0.332 e. The molecule has 0 unspecified atom stereocenters. The van der Waals surface area contributed by atoms with Gasteiger partial charge < -0.3 is 10.6 Å². The molecule has 0 aliphatic carbocycles. The summed E-state index contributed by atoms with van der Waals surface area (Å²) in [6.45, 7) is 1.50. The smallest absolute Gasteiger partial charge is 0.274 e. The zero-order valence-corrected chi connectivity index (χ0v) is 14.9. The van der Waals surface area contributed by atoms with Crippen molar-refractivity contribution in [2.45, 2.75) is 19.5 Å². The van der Waals surface area contributed by atoms with Crippen LogP contribution < -0.4 is 5.73 Å². The Morgan fingerprint density at radius 3 is 3.00 bits per heavy atom. The molecule has 0 saturated heterocycles. The molecule has 0 fully saturated rings. The number of amides is 1. The van der Waals surface area contributed by atoms with Crippen molar-refractivity contribution in [1.29, 1.82) is 0 Å². The summed E-state index contributed by atoms with van der Waals surface area (Å²) in [6, 6.07) is 9.39. The van der Waals surface area contributed by atoms with Crippen molar-refractivity contribution in [1.82, 2.24) is 20.1 Å². The Morgan fingerprint density at radius 1 is 1.40 bits per heavy atom. The Bertz CT molecular complexity index is 935. The van der Waals surface area contributed by atoms with E-state index in [1.165, 1.54) is 0 Å². The van der Waals surface area contributed by atoms with Crippen LogP contribution in [-0.4, -0.2) is 32.5 Å². The van der Waals surface area contributed by atoms with Gasteiger partial charge in [-0.15, -0.1) is 11.3 Å². The number of aromatic amines is 1. The molecule has 4 rings (SSSR count). The second-order valence-corrected chi connectivity index (χ2v) is 7.32. The zero-order valence-electron chi connectivity index (χ0n) is 13.3. The normalized spacial score (nSPS) is 13.8. The fraction of sp³-hybridized carbons (Fsp3) is 0.235. The van der Waals surface area contributed by atoms with E-state index in [4.69, 9.17) is 22.3 Å². The van der Waals surface area contributed by atoms with Crippen molar-refractivity contribution in [3.63, 3.8) is 0 Å². The van der Waals surface area contributed by atoms with Gasteiger partial charge in [-0.2, -0.15) is 5.10 Å². The lowest BCUT2D eigenvalue weighted by atomic mass is 10.1. The molecule has 1 aliphatic rings. The fourth-order valence-electron chi connectivity index (χ4n) is 2.86. The summed E-state index contributed by atoms with van der Waals surface area (Å²) < 4.78 is 0. The molecule has 2 aromatic heterocycles. The van der Waals surface area contributed by atoms with Gasteiger partial charge in [-0.05, 0) is 12.1 Å². The number of carbonyl (C=O) groups is 1. The van der Waals surface area contributed by atoms with Gasteiger partial charge >= 0.3 is 0 Å². The standard InChI is InChI=1S/C17H16ClN5OS/c18-12-4-2-1-3-11(12)16-20-13-5-6-23(9-15(13)25-16)17(24)14-7-10(8-19)21-22-14/h1-4,7H,5-6,8-9,19H2,(H,21,22). The summed E-state index contributed by atoms with van der Waals surface area (Å²) in [6.07, 6.45) is 0.732. The van der Waals surface area contributed by atoms with Crippen LogP contribution in [-0.2, 0) is 19.5 Å². The molecule has 0 radical (unpaired) electrons. The van der Waals surface area contributed by atoms with Gasteiger partial charge in [-0.25, -0.2) is 4.98 Å². The Morgan fingerprint density at radius 2 is 2.24 bits per heavy atom. The molecular formula is C17H16ClN5OS. The maximum Gasteiger partial charge on any atom is 0.274 e. The average molecular weight is 374 g/mol. The average Bonchev–Trinajstić information content (AvgIpc) is 3.27. The molecule has 8 heteroatoms. The van der Waals surface area contributed by atoms with Crippen LogP contribution in [0.5, 0.6) is 0 Å². The van der Waals surface area contributed by atoms with E-state index in [9.17, 15) is 4.79 Å². The van der Waals surface area contributed by atoms with Crippen molar-refractivity contribution < 1.29 is 4.79 Å². The third-order valence-electron chi connectivity index (χ3n) is 4.19. The first-order valence-corrected chi connectivity index (χ1v) is 9.12. The molecule has 1 aromatic carbocycles. The lowest BCUT2D eigenvalue weighted by Gasteiger charge is -2.25. The summed E-state index contributed by atoms with van der Waals surface area (Å²) >= 11 is 7.87. The van der Waals surface area contributed by atoms with E-state index in [0.29, 0.717) is 30.4 Å². The number of carbonyl (C=O) groups excluding carboxylic acids is 1. The summed E-state index contributed by atoms with van der Waals surface area (Å²) in [5.74, 6) is -0.0886. The molecule has 1 amide bonds. The summed E-state index contributed by atoms with van der Waals surface area (Å²) in [5, 5.41) is 8.42. The maximum absolute atomic E-state index is 12.6. The van der Waals surface area contributed by atoms with Gasteiger partial charge in [-0.3, -0.25) is 9.89 Å². The molecular weight excluding hydrogens is 358 g/mol. The molecule has 0 bridgehead atoms. The lowest BCUT2D eigenvalue weighted by molar-refractivity contribution is 0.0730. The lowest BCUT2D eigenvalue weighted by Crippen LogP contribution is -2.35. The van der Waals surface area contributed by atoms with Gasteiger partial charge in [0.05, 0.1) is 17.3 Å². The molecule has 0 atom stereocenters. The Labute approximate surface area is 153 Å². The van der Waals surface area contributed by atoms with E-state index < -0.39 is 0 Å². The van der Waals surface area contributed by atoms with E-state index >= 15 is 0 Å². The number of halogens is 1. The molecule has 6 nitrogen and oxygen atoms in total. The first-order valence-electron chi connectivity index (χ1n) is 7.93. The second kappa shape index (κ2) is 6.59. The third-order valence-corrected chi connectivity index (χ3v) is 5.64. The molecule has 1 aliphatic heterocycles. The van der Waals surface area contributed by atoms with Crippen molar-refractivity contribution >= 4 is 28.8 Å². The first kappa shape index (κ1) is 16.3. The van der Waals surface area contributed by atoms with Crippen molar-refractivity contribution in [3.8, 4) is 10.6 Å². The highest BCUT2D eigenvalue weighted by molar-refractivity contribution is 7.15. The van der Waals surface area contributed by atoms with Gasteiger partial charge in [0.1, 0.15) is 10.7 Å². The highest BCUT2D eigenvalue weighted by atomic mass is 35.5. The van der Waals surface area contributed by atoms with Gasteiger partial charge in [0.15, 0.2) is 0 Å². The van der Waals surface area contributed by atoms with Gasteiger partial charge in [0.2, 0.25) is 0 Å². The SMILES string of the molecule is NCc1cc(C(=O)N2CCc3nc(-c4ccccc4Cl)sc3C2)n[nH]1. The van der Waals surface area contributed by atoms with Crippen LogP contribution in [0, 0.1) is 0 Å². The first-order chi connectivity index (χ1) is 12.2. The van der Waals surface area contributed by atoms with E-state index in [-0.39, 0.29) is 5.91 Å². The van der Waals surface area contributed by atoms with Gasteiger partial charge in [0, 0.05) is 35.6 Å². The predicted molar refractivity (Wildman–Crippen MR) is 97.5 cm³/mol. The third kappa shape index (κ3) is 3.06. The number of fused-ring (bicyclic) bond motifs is 1. The number of nitrogens with two attached hydrogens (primary N) is 1. The summed E-state index contributed by atoms with van der Waals surface area (Å²) in [4.78, 5) is 20.3. The maximum atomic E-state index is 12.6. The van der Waals surface area contributed by atoms with Crippen LogP contribution >= 0.6 is 22.9 Å². The van der Waals surface area contributed by atoms with Crippen LogP contribution in [0.2, 0.25) is 5.02 Å². The minimum atomic E-state index is -0.0886. The van der Waals surface area contributed by atoms with E-state index in [2.05, 4.69) is 10.2 Å². The van der Waals surface area contributed by atoms with Crippen LogP contribution in [0.4, 0.5) is 0 Å². The number of benzene rings is 1. The molecule has 0 spiro atoms. The van der Waals surface area contributed by atoms with E-state index in [1.807, 2.05) is 24.3 Å². The Hall–Kier alpha value is -2.22. The molecule has 3 aromatic rings. The summed E-state index contributed by atoms with van der Waals surface area (Å²) in [5.41, 5.74) is 8.70. The zero-order chi connectivity index (χ0) is 17.4. The topological polar surface area (TPSA) is 87.9 Å². The van der Waals surface area contributed by atoms with E-state index in [1.54, 1.807) is 22.3 Å². The number of hydrogen-bond acceptors (Lipinski definition) is 5. The van der Waals surface area contributed by atoms with E-state index in [0.717, 1.165) is 33.3 Å². The Kier molecular flexibility index (Phi) is 4.29. The predicted octanol–water partition coefficient (Wildman–Crippen LogP) is 2.84. The van der Waals surface area contributed by atoms with Crippen LogP contribution in [0.15, 0.2) is 30.3 Å². The highest BCUT2D eigenvalue weighted by Crippen LogP contribution is 2.35. The van der Waals surface area contributed by atoms with Crippen molar-refractivity contribution in [2.24, 2.45) is 5.73 Å². The minimum absolute atomic E-state index is 0.0886. The second-order valence-electron chi connectivity index (χ2n) is 5.83. The summed E-state index contributed by atoms with van der Waals surface area (Å²) in [7, 11) is 0. The molecule has 0 saturated carbocycles. The highest BCUT2D eigenvalue weighted by Gasteiger charge is 2.26. The minimum Gasteiger partial charge on any atom is -0.332 e. The van der Waals surface area contributed by atoms with Crippen molar-refractivity contribution in [2.75, 3.05) is 6.54 Å². The number of H-pyrrole nitrogens is 1. The van der Waals surface area contributed by atoms with Crippen molar-refractivity contribution in [3.05, 3.63) is 57.3 Å². The number of hydrogen-bond donors (Lipinski definition) is 2. The van der Waals surface area contributed by atoms with Crippen LogP contribution in [0.3, 0.4) is 0 Å². The number of nitrogens with zero attached hydrogens (tertiary/aromatic N) is 3. The van der Waals surface area contributed by atoms with Crippen LogP contribution in [0.1, 0.15) is 26.8 Å². The molecule has 3 heterocycles. The molecule has 25 heavy (non-hydrogen) atoms. The van der Waals surface area contributed by atoms with Crippen LogP contribution in [0.25, 0.3) is 10.6 Å². The fourth-order valence-corrected chi connectivity index (χ4v) is 4.30. The molecule has 3 N–H and O–H groups in total. The van der Waals surface area contributed by atoms with Gasteiger partial charge in [0.25, 0.3) is 5.91 Å². The Balaban J connectivity index is 1.57. The van der Waals surface area contributed by atoms with Gasteiger partial charge in [-0.1, -0.05) is 29.8 Å². The number of rotatable bonds is 3. The quantitative estimate of drug-likeness (QED) is 0.738. The molecule has 128 valence electrons. The number of thiazole rings is 1.